The Balaban J connectivity index is 1.95. The second kappa shape index (κ2) is 6.37. The van der Waals surface area contributed by atoms with Crippen LogP contribution in [0.3, 0.4) is 0 Å². The van der Waals surface area contributed by atoms with E-state index in [1.165, 1.54) is 37.8 Å². The van der Waals surface area contributed by atoms with Crippen molar-refractivity contribution in [1.82, 2.24) is 0 Å². The van der Waals surface area contributed by atoms with Gasteiger partial charge in [-0.1, -0.05) is 12.2 Å². The van der Waals surface area contributed by atoms with Crippen LogP contribution < -0.4 is 0 Å². The fourth-order valence-corrected chi connectivity index (χ4v) is 3.18. The molecule has 0 aliphatic heterocycles. The highest BCUT2D eigenvalue weighted by molar-refractivity contribution is 7.99. The van der Waals surface area contributed by atoms with Gasteiger partial charge in [-0.2, -0.15) is 11.8 Å². The van der Waals surface area contributed by atoms with Crippen molar-refractivity contribution in [3.63, 3.8) is 0 Å². The number of hydrogen-bond donors (Lipinski definition) is 0. The number of benzene rings is 1. The maximum absolute atomic E-state index is 13.0. The van der Waals surface area contributed by atoms with E-state index >= 15 is 0 Å². The monoisotopic (exact) mass is 268 g/mol. The topological polar surface area (TPSA) is 0 Å². The van der Waals surface area contributed by atoms with Crippen LogP contribution in [-0.4, -0.2) is 11.5 Å². The van der Waals surface area contributed by atoms with Gasteiger partial charge in [-0.05, 0) is 55.6 Å². The van der Waals surface area contributed by atoms with Crippen molar-refractivity contribution >= 4 is 17.8 Å². The first kappa shape index (κ1) is 13.6. The van der Waals surface area contributed by atoms with E-state index in [0.29, 0.717) is 11.5 Å². The Kier molecular flexibility index (Phi) is 4.81. The zero-order chi connectivity index (χ0) is 13.0. The molecule has 0 radical (unpaired) electrons. The predicted octanol–water partition coefficient (Wildman–Crippen LogP) is 4.90. The molecule has 1 aliphatic carbocycles. The maximum atomic E-state index is 13.0. The Bertz CT molecular complexity index is 400. The van der Waals surface area contributed by atoms with Crippen LogP contribution in [0.2, 0.25) is 0 Å². The maximum Gasteiger partial charge on any atom is 0.126 e. The van der Waals surface area contributed by atoms with E-state index in [2.05, 4.69) is 12.3 Å². The minimum atomic E-state index is -0.513. The first-order valence-corrected chi connectivity index (χ1v) is 7.63. The molecule has 0 heterocycles. The van der Waals surface area contributed by atoms with Gasteiger partial charge in [0, 0.05) is 11.3 Å². The zero-order valence-corrected chi connectivity index (χ0v) is 11.4. The summed E-state index contributed by atoms with van der Waals surface area (Å²) in [5, 5.41) is 0.793. The summed E-state index contributed by atoms with van der Waals surface area (Å²) < 4.78 is 26.0. The zero-order valence-electron chi connectivity index (χ0n) is 10.5. The van der Waals surface area contributed by atoms with Gasteiger partial charge in [-0.25, -0.2) is 8.78 Å². The van der Waals surface area contributed by atoms with Gasteiger partial charge in [-0.3, -0.25) is 0 Å². The Morgan fingerprint density at radius 1 is 1.06 bits per heavy atom. The minimum absolute atomic E-state index is 0.513. The highest BCUT2D eigenvalue weighted by atomic mass is 32.2. The van der Waals surface area contributed by atoms with Gasteiger partial charge in [0.25, 0.3) is 0 Å². The normalized spacial score (nSPS) is 24.6. The van der Waals surface area contributed by atoms with Crippen LogP contribution in [0.4, 0.5) is 8.78 Å². The van der Waals surface area contributed by atoms with Crippen LogP contribution in [-0.2, 0) is 0 Å². The number of hydrogen-bond acceptors (Lipinski definition) is 1. The van der Waals surface area contributed by atoms with E-state index in [-0.39, 0.29) is 0 Å². The van der Waals surface area contributed by atoms with Crippen molar-refractivity contribution in [1.29, 1.82) is 0 Å². The molecule has 0 aromatic heterocycles. The quantitative estimate of drug-likeness (QED) is 0.751. The molecular weight excluding hydrogens is 250 g/mol. The summed E-state index contributed by atoms with van der Waals surface area (Å²) in [4.78, 5) is 0. The van der Waals surface area contributed by atoms with Crippen LogP contribution in [0.5, 0.6) is 0 Å². The number of rotatable bonds is 3. The average molecular weight is 268 g/mol. The Hall–Kier alpha value is -0.830. The fraction of sp³-hybridized carbons (Fsp3) is 0.467. The molecule has 1 aliphatic rings. The molecule has 1 saturated carbocycles. The molecule has 0 spiro atoms. The number of allylic oxidation sites excluding steroid dienone is 1. The van der Waals surface area contributed by atoms with Crippen LogP contribution >= 0.6 is 11.8 Å². The molecule has 0 N–H and O–H groups in total. The van der Waals surface area contributed by atoms with Gasteiger partial charge >= 0.3 is 0 Å². The molecule has 2 rings (SSSR count). The van der Waals surface area contributed by atoms with Crippen LogP contribution in [0.15, 0.2) is 24.3 Å². The third kappa shape index (κ3) is 3.84. The molecule has 0 unspecified atom stereocenters. The van der Waals surface area contributed by atoms with Gasteiger partial charge in [0.05, 0.1) is 0 Å². The molecule has 0 amide bonds. The Morgan fingerprint density at radius 2 is 1.67 bits per heavy atom. The van der Waals surface area contributed by atoms with Gasteiger partial charge < -0.3 is 0 Å². The second-order valence-electron chi connectivity index (χ2n) is 4.83. The lowest BCUT2D eigenvalue weighted by Crippen LogP contribution is -2.14. The van der Waals surface area contributed by atoms with Crippen LogP contribution in [0, 0.1) is 17.6 Å². The Labute approximate surface area is 111 Å². The van der Waals surface area contributed by atoms with Crippen molar-refractivity contribution < 1.29 is 8.78 Å². The smallest absolute Gasteiger partial charge is 0.126 e. The highest BCUT2D eigenvalue weighted by Gasteiger charge is 2.18. The molecular formula is C15H18F2S. The highest BCUT2D eigenvalue weighted by Crippen LogP contribution is 2.31. The van der Waals surface area contributed by atoms with Crippen molar-refractivity contribution in [2.75, 3.05) is 6.26 Å². The van der Waals surface area contributed by atoms with Crippen molar-refractivity contribution in [3.05, 3.63) is 41.5 Å². The fourth-order valence-electron chi connectivity index (χ4n) is 2.44. The molecule has 18 heavy (non-hydrogen) atoms. The number of halogens is 2. The average Bonchev–Trinajstić information content (AvgIpc) is 2.36. The molecule has 3 heteroatoms. The minimum Gasteiger partial charge on any atom is -0.207 e. The number of thioether (sulfide) groups is 1. The third-order valence-corrected chi connectivity index (χ3v) is 4.64. The summed E-state index contributed by atoms with van der Waals surface area (Å²) >= 11 is 1.94. The van der Waals surface area contributed by atoms with Crippen molar-refractivity contribution in [3.8, 4) is 0 Å². The van der Waals surface area contributed by atoms with Crippen molar-refractivity contribution in [2.45, 2.75) is 30.9 Å². The van der Waals surface area contributed by atoms with E-state index < -0.39 is 11.6 Å². The lowest BCUT2D eigenvalue weighted by molar-refractivity contribution is 0.430. The molecule has 98 valence electrons. The molecule has 0 nitrogen and oxygen atoms in total. The predicted molar refractivity (Wildman–Crippen MR) is 74.7 cm³/mol. The molecule has 0 saturated heterocycles. The standard InChI is InChI=1S/C15H18F2S/c1-18-15-6-4-11(5-7-15)2-3-12-8-13(16)10-14(17)9-12/h2-3,8-11,15H,4-7H2,1H3/b3-2+. The molecule has 1 fully saturated rings. The summed E-state index contributed by atoms with van der Waals surface area (Å²) in [5.74, 6) is -0.471. The van der Waals surface area contributed by atoms with Crippen molar-refractivity contribution in [2.24, 2.45) is 5.92 Å². The lowest BCUT2D eigenvalue weighted by atomic mass is 9.88. The van der Waals surface area contributed by atoms with E-state index in [0.717, 1.165) is 11.3 Å². The summed E-state index contributed by atoms with van der Waals surface area (Å²) in [6.45, 7) is 0. The van der Waals surface area contributed by atoms with Gasteiger partial charge in [-0.15, -0.1) is 0 Å². The Morgan fingerprint density at radius 3 is 2.22 bits per heavy atom. The van der Waals surface area contributed by atoms with E-state index in [4.69, 9.17) is 0 Å². The van der Waals surface area contributed by atoms with Gasteiger partial charge in [0.1, 0.15) is 11.6 Å². The summed E-state index contributed by atoms with van der Waals surface area (Å²) in [6.07, 6.45) is 11.0. The first-order valence-electron chi connectivity index (χ1n) is 6.34. The van der Waals surface area contributed by atoms with E-state index in [9.17, 15) is 8.78 Å². The van der Waals surface area contributed by atoms with E-state index in [1.807, 2.05) is 17.8 Å². The SMILES string of the molecule is CSC1CCC(/C=C/c2cc(F)cc(F)c2)CC1. The summed E-state index contributed by atoms with van der Waals surface area (Å²) in [5.41, 5.74) is 0.611. The molecule has 0 atom stereocenters. The van der Waals surface area contributed by atoms with Gasteiger partial charge in [0.15, 0.2) is 0 Å². The first-order chi connectivity index (χ1) is 8.67. The molecule has 1 aromatic rings. The second-order valence-corrected chi connectivity index (χ2v) is 5.97. The largest absolute Gasteiger partial charge is 0.207 e. The van der Waals surface area contributed by atoms with Crippen LogP contribution in [0.1, 0.15) is 31.2 Å². The van der Waals surface area contributed by atoms with Gasteiger partial charge in [0.2, 0.25) is 0 Å². The lowest BCUT2D eigenvalue weighted by Gasteiger charge is -2.25. The van der Waals surface area contributed by atoms with E-state index in [1.54, 1.807) is 0 Å². The molecule has 1 aromatic carbocycles. The molecule has 0 bridgehead atoms. The summed E-state index contributed by atoms with van der Waals surface area (Å²) in [6, 6.07) is 3.64. The summed E-state index contributed by atoms with van der Waals surface area (Å²) in [7, 11) is 0. The third-order valence-electron chi connectivity index (χ3n) is 3.50. The van der Waals surface area contributed by atoms with Crippen LogP contribution in [0.25, 0.3) is 6.08 Å².